The number of hydrogen-bond donors (Lipinski definition) is 2. The van der Waals surface area contributed by atoms with Gasteiger partial charge in [0, 0.05) is 20.6 Å². The van der Waals surface area contributed by atoms with Crippen molar-refractivity contribution in [2.24, 2.45) is 14.1 Å². The number of carbonyl (C=O) groups is 1. The molecule has 186 valence electrons. The van der Waals surface area contributed by atoms with E-state index in [0.717, 1.165) is 4.57 Å². The average Bonchev–Trinajstić information content (AvgIpc) is 2.89. The second-order valence-corrected chi connectivity index (χ2v) is 9.91. The Morgan fingerprint density at radius 1 is 0.944 bits per heavy atom. The number of carbonyl (C=O) groups excluding carboxylic acids is 1. The summed E-state index contributed by atoms with van der Waals surface area (Å²) in [6.45, 7) is 0.0597. The lowest BCUT2D eigenvalue weighted by atomic mass is 10.1. The van der Waals surface area contributed by atoms with Crippen molar-refractivity contribution >= 4 is 26.8 Å². The van der Waals surface area contributed by atoms with Gasteiger partial charge in [0.15, 0.2) is 0 Å². The fourth-order valence-corrected chi connectivity index (χ4v) is 4.99. The van der Waals surface area contributed by atoms with Crippen molar-refractivity contribution in [2.75, 3.05) is 0 Å². The number of aromatic nitrogens is 2. The second-order valence-electron chi connectivity index (χ2n) is 8.19. The SMILES string of the molecule is Cn1c(=O)c2cc(S(=O)(=O)N[C@@H](C(=O)NCc3ccc(F)cc3)c3ccccc3)ccc2n(C)c1=O. The van der Waals surface area contributed by atoms with Gasteiger partial charge in [-0.05, 0) is 41.5 Å². The molecule has 1 atom stereocenters. The van der Waals surface area contributed by atoms with E-state index in [9.17, 15) is 27.2 Å². The molecule has 1 aromatic heterocycles. The summed E-state index contributed by atoms with van der Waals surface area (Å²) >= 11 is 0. The predicted molar refractivity (Wildman–Crippen MR) is 132 cm³/mol. The molecule has 1 amide bonds. The van der Waals surface area contributed by atoms with Crippen LogP contribution in [0.3, 0.4) is 0 Å². The summed E-state index contributed by atoms with van der Waals surface area (Å²) in [6.07, 6.45) is 0. The molecule has 0 aliphatic heterocycles. The molecule has 0 saturated heterocycles. The molecular weight excluding hydrogens is 487 g/mol. The number of aryl methyl sites for hydroxylation is 1. The molecule has 0 aliphatic carbocycles. The molecule has 0 fully saturated rings. The van der Waals surface area contributed by atoms with Crippen LogP contribution in [0.1, 0.15) is 17.2 Å². The Bertz CT molecular complexity index is 1660. The normalized spacial score (nSPS) is 12.4. The molecule has 11 heteroatoms. The Balaban J connectivity index is 1.67. The lowest BCUT2D eigenvalue weighted by molar-refractivity contribution is -0.123. The topological polar surface area (TPSA) is 119 Å². The highest BCUT2D eigenvalue weighted by Gasteiger charge is 2.28. The summed E-state index contributed by atoms with van der Waals surface area (Å²) in [5.74, 6) is -1.03. The molecule has 3 aromatic carbocycles. The van der Waals surface area contributed by atoms with Crippen LogP contribution in [-0.4, -0.2) is 23.5 Å². The van der Waals surface area contributed by atoms with E-state index < -0.39 is 39.0 Å². The number of halogens is 1. The van der Waals surface area contributed by atoms with Gasteiger partial charge in [0.2, 0.25) is 15.9 Å². The number of nitrogens with zero attached hydrogens (tertiary/aromatic N) is 2. The highest BCUT2D eigenvalue weighted by atomic mass is 32.2. The maximum atomic E-state index is 13.3. The van der Waals surface area contributed by atoms with Crippen LogP contribution in [0.2, 0.25) is 0 Å². The summed E-state index contributed by atoms with van der Waals surface area (Å²) in [4.78, 5) is 37.6. The van der Waals surface area contributed by atoms with Gasteiger partial charge < -0.3 is 5.32 Å². The lowest BCUT2D eigenvalue weighted by Crippen LogP contribution is -2.40. The monoisotopic (exact) mass is 510 g/mol. The fourth-order valence-electron chi connectivity index (χ4n) is 3.78. The molecule has 36 heavy (non-hydrogen) atoms. The first-order valence-electron chi connectivity index (χ1n) is 10.9. The Kier molecular flexibility index (Phi) is 6.86. The molecule has 1 heterocycles. The molecule has 0 radical (unpaired) electrons. The molecule has 2 N–H and O–H groups in total. The number of amides is 1. The van der Waals surface area contributed by atoms with Gasteiger partial charge in [-0.3, -0.25) is 18.7 Å². The number of nitrogens with one attached hydrogen (secondary N) is 2. The maximum Gasteiger partial charge on any atom is 0.330 e. The molecule has 0 unspecified atom stereocenters. The number of rotatable bonds is 7. The van der Waals surface area contributed by atoms with E-state index in [-0.39, 0.29) is 22.3 Å². The molecule has 0 aliphatic rings. The van der Waals surface area contributed by atoms with Crippen LogP contribution in [-0.2, 0) is 35.5 Å². The smallest absolute Gasteiger partial charge is 0.330 e. The van der Waals surface area contributed by atoms with Gasteiger partial charge in [0.05, 0.1) is 15.8 Å². The zero-order valence-electron chi connectivity index (χ0n) is 19.4. The molecular formula is C25H23FN4O5S. The van der Waals surface area contributed by atoms with Crippen molar-refractivity contribution in [3.05, 3.63) is 111 Å². The Morgan fingerprint density at radius 2 is 1.61 bits per heavy atom. The molecule has 0 bridgehead atoms. The van der Waals surface area contributed by atoms with E-state index in [4.69, 9.17) is 0 Å². The van der Waals surface area contributed by atoms with Crippen molar-refractivity contribution in [1.29, 1.82) is 0 Å². The first-order valence-corrected chi connectivity index (χ1v) is 12.4. The largest absolute Gasteiger partial charge is 0.350 e. The number of fused-ring (bicyclic) bond motifs is 1. The number of hydrogen-bond acceptors (Lipinski definition) is 5. The van der Waals surface area contributed by atoms with Crippen molar-refractivity contribution in [2.45, 2.75) is 17.5 Å². The van der Waals surface area contributed by atoms with E-state index in [1.165, 1.54) is 61.1 Å². The third kappa shape index (κ3) is 4.97. The van der Waals surface area contributed by atoms with Gasteiger partial charge in [-0.15, -0.1) is 0 Å². The summed E-state index contributed by atoms with van der Waals surface area (Å²) in [5.41, 5.74) is 0.135. The van der Waals surface area contributed by atoms with E-state index in [1.54, 1.807) is 30.3 Å². The van der Waals surface area contributed by atoms with Crippen LogP contribution in [0.5, 0.6) is 0 Å². The van der Waals surface area contributed by atoms with Crippen molar-refractivity contribution in [3.8, 4) is 0 Å². The fraction of sp³-hybridized carbons (Fsp3) is 0.160. The van der Waals surface area contributed by atoms with Crippen LogP contribution in [0.15, 0.2) is 87.3 Å². The highest BCUT2D eigenvalue weighted by Crippen LogP contribution is 2.20. The highest BCUT2D eigenvalue weighted by molar-refractivity contribution is 7.89. The minimum Gasteiger partial charge on any atom is -0.350 e. The number of benzene rings is 3. The standard InChI is InChI=1S/C25H23FN4O5S/c1-29-21-13-12-19(14-20(21)24(32)30(2)25(29)33)36(34,35)28-22(17-6-4-3-5-7-17)23(31)27-15-16-8-10-18(26)11-9-16/h3-14,22,28H,15H2,1-2H3,(H,27,31)/t22-/m1/s1. The number of sulfonamides is 1. The van der Waals surface area contributed by atoms with Gasteiger partial charge in [-0.1, -0.05) is 42.5 Å². The Hall–Kier alpha value is -4.09. The minimum absolute atomic E-state index is 0.0412. The van der Waals surface area contributed by atoms with Gasteiger partial charge in [-0.25, -0.2) is 17.6 Å². The second kappa shape index (κ2) is 9.88. The minimum atomic E-state index is -4.28. The van der Waals surface area contributed by atoms with E-state index in [0.29, 0.717) is 11.1 Å². The third-order valence-electron chi connectivity index (χ3n) is 5.80. The molecule has 0 saturated carbocycles. The van der Waals surface area contributed by atoms with Crippen LogP contribution >= 0.6 is 0 Å². The first kappa shape index (κ1) is 25.0. The zero-order chi connectivity index (χ0) is 26.0. The molecule has 9 nitrogen and oxygen atoms in total. The Morgan fingerprint density at radius 3 is 2.28 bits per heavy atom. The lowest BCUT2D eigenvalue weighted by Gasteiger charge is -2.19. The van der Waals surface area contributed by atoms with Crippen molar-refractivity contribution < 1.29 is 17.6 Å². The van der Waals surface area contributed by atoms with Crippen LogP contribution in [0.25, 0.3) is 10.9 Å². The van der Waals surface area contributed by atoms with Crippen molar-refractivity contribution in [3.63, 3.8) is 0 Å². The van der Waals surface area contributed by atoms with Crippen LogP contribution in [0, 0.1) is 5.82 Å². The molecule has 0 spiro atoms. The van der Waals surface area contributed by atoms with Gasteiger partial charge >= 0.3 is 5.69 Å². The first-order chi connectivity index (χ1) is 17.1. The van der Waals surface area contributed by atoms with Crippen LogP contribution in [0.4, 0.5) is 4.39 Å². The average molecular weight is 511 g/mol. The van der Waals surface area contributed by atoms with Crippen LogP contribution < -0.4 is 21.3 Å². The third-order valence-corrected chi connectivity index (χ3v) is 7.22. The molecule has 4 rings (SSSR count). The maximum absolute atomic E-state index is 13.3. The zero-order valence-corrected chi connectivity index (χ0v) is 20.3. The predicted octanol–water partition coefficient (Wildman–Crippen LogP) is 1.71. The van der Waals surface area contributed by atoms with Gasteiger partial charge in [-0.2, -0.15) is 4.72 Å². The quantitative estimate of drug-likeness (QED) is 0.392. The summed E-state index contributed by atoms with van der Waals surface area (Å²) in [6, 6.07) is 16.4. The van der Waals surface area contributed by atoms with Gasteiger partial charge in [0.25, 0.3) is 5.56 Å². The van der Waals surface area contributed by atoms with E-state index in [1.807, 2.05) is 0 Å². The van der Waals surface area contributed by atoms with E-state index in [2.05, 4.69) is 10.0 Å². The summed E-state index contributed by atoms with van der Waals surface area (Å²) in [5, 5.41) is 2.71. The summed E-state index contributed by atoms with van der Waals surface area (Å²) < 4.78 is 44.3. The summed E-state index contributed by atoms with van der Waals surface area (Å²) in [7, 11) is -1.50. The van der Waals surface area contributed by atoms with E-state index >= 15 is 0 Å². The Labute approximate surface area is 205 Å². The van der Waals surface area contributed by atoms with Crippen molar-refractivity contribution in [1.82, 2.24) is 19.2 Å². The van der Waals surface area contributed by atoms with Gasteiger partial charge in [0.1, 0.15) is 11.9 Å². The molecule has 4 aromatic rings.